The highest BCUT2D eigenvalue weighted by Crippen LogP contribution is 2.31. The third kappa shape index (κ3) is 2.43. The Morgan fingerprint density at radius 1 is 1.38 bits per heavy atom. The van der Waals surface area contributed by atoms with Crippen molar-refractivity contribution in [1.29, 1.82) is 0 Å². The monoisotopic (exact) mass is 221 g/mol. The fraction of sp³-hybridized carbons (Fsp3) is 0.538. The van der Waals surface area contributed by atoms with Crippen LogP contribution in [0.3, 0.4) is 0 Å². The average Bonchev–Trinajstić information content (AvgIpc) is 2.62. The number of rotatable bonds is 3. The van der Waals surface area contributed by atoms with Crippen molar-refractivity contribution in [2.75, 3.05) is 13.2 Å². The molecule has 3 nitrogen and oxygen atoms in total. The number of nitrogens with two attached hydrogens (primary N) is 1. The van der Waals surface area contributed by atoms with Crippen LogP contribution >= 0.6 is 0 Å². The number of hydrogen-bond acceptors (Lipinski definition) is 3. The van der Waals surface area contributed by atoms with Gasteiger partial charge in [0.25, 0.3) is 0 Å². The first kappa shape index (κ1) is 11.6. The van der Waals surface area contributed by atoms with E-state index in [2.05, 4.69) is 12.1 Å². The molecule has 2 N–H and O–H groups in total. The summed E-state index contributed by atoms with van der Waals surface area (Å²) in [4.78, 5) is 0. The first-order chi connectivity index (χ1) is 7.62. The van der Waals surface area contributed by atoms with Crippen molar-refractivity contribution in [1.82, 2.24) is 0 Å². The normalized spacial score (nSPS) is 25.6. The quantitative estimate of drug-likeness (QED) is 0.847. The Morgan fingerprint density at radius 3 is 2.56 bits per heavy atom. The first-order valence-corrected chi connectivity index (χ1v) is 5.69. The predicted molar refractivity (Wildman–Crippen MR) is 63.1 cm³/mol. The minimum Gasteiger partial charge on any atom is -0.348 e. The van der Waals surface area contributed by atoms with Crippen molar-refractivity contribution in [3.05, 3.63) is 35.9 Å². The first-order valence-electron chi connectivity index (χ1n) is 5.69. The summed E-state index contributed by atoms with van der Waals surface area (Å²) in [5.41, 5.74) is 7.06. The Balaban J connectivity index is 2.13. The lowest BCUT2D eigenvalue weighted by molar-refractivity contribution is -0.140. The summed E-state index contributed by atoms with van der Waals surface area (Å²) in [5, 5.41) is 0. The van der Waals surface area contributed by atoms with E-state index in [4.69, 9.17) is 15.2 Å². The maximum absolute atomic E-state index is 5.85. The molecule has 16 heavy (non-hydrogen) atoms. The third-order valence-electron chi connectivity index (χ3n) is 2.96. The molecule has 1 saturated heterocycles. The van der Waals surface area contributed by atoms with Crippen LogP contribution in [0.25, 0.3) is 0 Å². The van der Waals surface area contributed by atoms with E-state index in [-0.39, 0.29) is 12.0 Å². The molecule has 1 aliphatic heterocycles. The van der Waals surface area contributed by atoms with Gasteiger partial charge >= 0.3 is 0 Å². The Kier molecular flexibility index (Phi) is 3.28. The smallest absolute Gasteiger partial charge is 0.163 e. The van der Waals surface area contributed by atoms with E-state index < -0.39 is 5.79 Å². The number of hydrogen-bond donors (Lipinski definition) is 1. The van der Waals surface area contributed by atoms with Crippen LogP contribution in [0.5, 0.6) is 0 Å². The van der Waals surface area contributed by atoms with Crippen LogP contribution in [0.4, 0.5) is 0 Å². The molecular formula is C13H19NO2. The van der Waals surface area contributed by atoms with Gasteiger partial charge in [0.1, 0.15) is 0 Å². The molecule has 0 aromatic heterocycles. The molecule has 2 rings (SSSR count). The summed E-state index contributed by atoms with van der Waals surface area (Å²) < 4.78 is 11.4. The van der Waals surface area contributed by atoms with Gasteiger partial charge in [-0.15, -0.1) is 0 Å². The van der Waals surface area contributed by atoms with E-state index in [0.717, 1.165) is 0 Å². The van der Waals surface area contributed by atoms with Crippen LogP contribution in [-0.2, 0) is 9.47 Å². The highest BCUT2D eigenvalue weighted by atomic mass is 16.7. The second-order valence-electron chi connectivity index (χ2n) is 4.62. The Hall–Kier alpha value is -0.900. The second-order valence-corrected chi connectivity index (χ2v) is 4.62. The van der Waals surface area contributed by atoms with Gasteiger partial charge in [0, 0.05) is 12.5 Å². The van der Waals surface area contributed by atoms with Crippen molar-refractivity contribution in [3.63, 3.8) is 0 Å². The van der Waals surface area contributed by atoms with E-state index in [9.17, 15) is 0 Å². The van der Waals surface area contributed by atoms with Crippen molar-refractivity contribution in [2.24, 2.45) is 5.73 Å². The van der Waals surface area contributed by atoms with Crippen molar-refractivity contribution >= 4 is 0 Å². The lowest BCUT2D eigenvalue weighted by atomic mass is 9.94. The summed E-state index contributed by atoms with van der Waals surface area (Å²) in [6.07, 6.45) is 0.0578. The largest absolute Gasteiger partial charge is 0.348 e. The van der Waals surface area contributed by atoms with Gasteiger partial charge < -0.3 is 15.2 Å². The van der Waals surface area contributed by atoms with Crippen LogP contribution in [0, 0.1) is 0 Å². The van der Waals surface area contributed by atoms with Crippen molar-refractivity contribution in [3.8, 4) is 0 Å². The summed E-state index contributed by atoms with van der Waals surface area (Å²) in [5.74, 6) is -0.268. The molecule has 1 aromatic rings. The van der Waals surface area contributed by atoms with Gasteiger partial charge in [-0.25, -0.2) is 0 Å². The van der Waals surface area contributed by atoms with Gasteiger partial charge in [-0.2, -0.15) is 0 Å². The zero-order valence-electron chi connectivity index (χ0n) is 9.85. The molecule has 0 spiro atoms. The van der Waals surface area contributed by atoms with Crippen molar-refractivity contribution in [2.45, 2.75) is 31.7 Å². The van der Waals surface area contributed by atoms with E-state index >= 15 is 0 Å². The van der Waals surface area contributed by atoms with Crippen LogP contribution < -0.4 is 5.73 Å². The van der Waals surface area contributed by atoms with Gasteiger partial charge in [0.2, 0.25) is 0 Å². The Bertz CT molecular complexity index is 337. The lowest BCUT2D eigenvalue weighted by Crippen LogP contribution is -2.30. The molecule has 1 aromatic carbocycles. The lowest BCUT2D eigenvalue weighted by Gasteiger charge is -2.23. The van der Waals surface area contributed by atoms with Gasteiger partial charge in [-0.05, 0) is 19.4 Å². The fourth-order valence-electron chi connectivity index (χ4n) is 2.12. The van der Waals surface area contributed by atoms with E-state index in [1.807, 2.05) is 32.0 Å². The Morgan fingerprint density at radius 2 is 2.06 bits per heavy atom. The fourth-order valence-corrected chi connectivity index (χ4v) is 2.12. The van der Waals surface area contributed by atoms with Crippen LogP contribution in [0.15, 0.2) is 30.3 Å². The summed E-state index contributed by atoms with van der Waals surface area (Å²) >= 11 is 0. The molecule has 1 unspecified atom stereocenters. The molecule has 0 radical (unpaired) electrons. The molecule has 1 fully saturated rings. The van der Waals surface area contributed by atoms with Crippen LogP contribution in [0.2, 0.25) is 0 Å². The highest BCUT2D eigenvalue weighted by Gasteiger charge is 2.37. The van der Waals surface area contributed by atoms with Gasteiger partial charge in [0.05, 0.1) is 12.7 Å². The maximum Gasteiger partial charge on any atom is 0.163 e. The molecule has 1 heterocycles. The average molecular weight is 221 g/mol. The van der Waals surface area contributed by atoms with Gasteiger partial charge in [-0.1, -0.05) is 30.3 Å². The molecule has 0 amide bonds. The molecule has 0 bridgehead atoms. The van der Waals surface area contributed by atoms with Gasteiger partial charge in [0.15, 0.2) is 5.79 Å². The molecule has 0 saturated carbocycles. The minimum absolute atomic E-state index is 0.0578. The molecule has 3 heteroatoms. The van der Waals surface area contributed by atoms with E-state index in [1.165, 1.54) is 5.56 Å². The summed E-state index contributed by atoms with van der Waals surface area (Å²) in [6.45, 7) is 5.06. The predicted octanol–water partition coefficient (Wildman–Crippen LogP) is 1.88. The highest BCUT2D eigenvalue weighted by molar-refractivity contribution is 5.21. The topological polar surface area (TPSA) is 44.5 Å². The molecule has 88 valence electrons. The van der Waals surface area contributed by atoms with Crippen LogP contribution in [-0.4, -0.2) is 25.0 Å². The summed E-state index contributed by atoms with van der Waals surface area (Å²) in [6, 6.07) is 10.2. The third-order valence-corrected chi connectivity index (χ3v) is 2.96. The molecule has 1 aliphatic rings. The standard InChI is InChI=1S/C13H19NO2/c1-13(2)15-9-12(16-13)11(8-14)10-6-4-3-5-7-10/h3-7,11-12H,8-9,14H2,1-2H3/t11?,12-/m1/s1. The maximum atomic E-state index is 5.85. The Labute approximate surface area is 96.5 Å². The summed E-state index contributed by atoms with van der Waals surface area (Å²) in [7, 11) is 0. The second kappa shape index (κ2) is 4.53. The SMILES string of the molecule is CC1(C)OC[C@H](C(CN)c2ccccc2)O1. The number of ether oxygens (including phenoxy) is 2. The molecule has 2 atom stereocenters. The molecular weight excluding hydrogens is 202 g/mol. The van der Waals surface area contributed by atoms with E-state index in [0.29, 0.717) is 13.2 Å². The van der Waals surface area contributed by atoms with Crippen molar-refractivity contribution < 1.29 is 9.47 Å². The van der Waals surface area contributed by atoms with Gasteiger partial charge in [-0.3, -0.25) is 0 Å². The minimum atomic E-state index is -0.479. The zero-order valence-corrected chi connectivity index (χ0v) is 9.85. The zero-order chi connectivity index (χ0) is 11.6. The van der Waals surface area contributed by atoms with E-state index in [1.54, 1.807) is 0 Å². The number of benzene rings is 1. The van der Waals surface area contributed by atoms with Crippen LogP contribution in [0.1, 0.15) is 25.3 Å². The molecule has 0 aliphatic carbocycles.